The van der Waals surface area contributed by atoms with Crippen molar-refractivity contribution in [2.45, 2.75) is 63.1 Å². The highest BCUT2D eigenvalue weighted by Gasteiger charge is 2.57. The Balaban J connectivity index is 1.55. The molecule has 2 aliphatic rings. The largest absolute Gasteiger partial charge is 0.453 e. The molecule has 3 heterocycles. The smallest absolute Gasteiger partial charge is 0.383 e. The number of rotatable bonds is 5. The molecule has 12 heteroatoms. The minimum atomic E-state index is -5.63. The number of hydrogen-bond acceptors (Lipinski definition) is 5. The fraction of sp³-hybridized carbons (Fsp3) is 0.417. The maximum Gasteiger partial charge on any atom is 0.453 e. The summed E-state index contributed by atoms with van der Waals surface area (Å²) in [5.74, 6) is -4.80. The van der Waals surface area contributed by atoms with Crippen LogP contribution < -0.4 is 11.1 Å². The van der Waals surface area contributed by atoms with Crippen molar-refractivity contribution in [3.05, 3.63) is 52.7 Å². The number of alkyl halides is 5. The Morgan fingerprint density at radius 3 is 2.47 bits per heavy atom. The molecule has 0 spiro atoms. The van der Waals surface area contributed by atoms with Crippen LogP contribution in [-0.4, -0.2) is 37.8 Å². The van der Waals surface area contributed by atoms with Gasteiger partial charge in [0.15, 0.2) is 5.82 Å². The first-order chi connectivity index (χ1) is 16.9. The average Bonchev–Trinajstić information content (AvgIpc) is 3.33. The van der Waals surface area contributed by atoms with Crippen molar-refractivity contribution in [1.29, 1.82) is 0 Å². The summed E-state index contributed by atoms with van der Waals surface area (Å²) in [4.78, 5) is 21.9. The van der Waals surface area contributed by atoms with E-state index in [2.05, 4.69) is 20.4 Å². The number of amides is 1. The summed E-state index contributed by atoms with van der Waals surface area (Å²) in [7, 11) is 0. The van der Waals surface area contributed by atoms with E-state index in [4.69, 9.17) is 5.73 Å². The highest BCUT2D eigenvalue weighted by atomic mass is 19.4. The van der Waals surface area contributed by atoms with Crippen molar-refractivity contribution in [2.24, 2.45) is 0 Å². The number of aryl methyl sites for hydroxylation is 1. The molecule has 1 atom stereocenters. The summed E-state index contributed by atoms with van der Waals surface area (Å²) < 4.78 is 66.4. The monoisotopic (exact) mass is 506 g/mol. The van der Waals surface area contributed by atoms with E-state index in [1.807, 2.05) is 6.07 Å². The lowest BCUT2D eigenvalue weighted by atomic mass is 9.78. The van der Waals surface area contributed by atoms with Gasteiger partial charge < -0.3 is 11.1 Å². The van der Waals surface area contributed by atoms with Gasteiger partial charge in [0.25, 0.3) is 0 Å². The van der Waals surface area contributed by atoms with E-state index in [0.29, 0.717) is 35.2 Å². The molecule has 36 heavy (non-hydrogen) atoms. The lowest BCUT2D eigenvalue weighted by Crippen LogP contribution is -2.37. The maximum absolute atomic E-state index is 13.6. The molecule has 2 aromatic heterocycles. The second-order valence-electron chi connectivity index (χ2n) is 9.26. The summed E-state index contributed by atoms with van der Waals surface area (Å²) in [5, 5.41) is 7.11. The number of carbonyl (C=O) groups is 1. The third kappa shape index (κ3) is 3.70. The number of fused-ring (bicyclic) bond motifs is 2. The van der Waals surface area contributed by atoms with Crippen LogP contribution in [-0.2, 0) is 29.6 Å². The van der Waals surface area contributed by atoms with Gasteiger partial charge in [-0.25, -0.2) is 9.97 Å². The summed E-state index contributed by atoms with van der Waals surface area (Å²) in [5.41, 5.74) is 7.90. The van der Waals surface area contributed by atoms with Crippen molar-refractivity contribution >= 4 is 17.5 Å². The Hall–Kier alpha value is -3.57. The molecule has 190 valence electrons. The predicted octanol–water partition coefficient (Wildman–Crippen LogP) is 4.65. The first-order valence-corrected chi connectivity index (χ1v) is 11.5. The topological polar surface area (TPSA) is 98.7 Å². The number of benzene rings is 1. The van der Waals surface area contributed by atoms with Gasteiger partial charge in [-0.3, -0.25) is 9.48 Å². The van der Waals surface area contributed by atoms with E-state index in [1.165, 1.54) is 4.68 Å². The van der Waals surface area contributed by atoms with Crippen LogP contribution in [0.15, 0.2) is 30.3 Å². The van der Waals surface area contributed by atoms with Crippen LogP contribution in [0.3, 0.4) is 0 Å². The van der Waals surface area contributed by atoms with Crippen LogP contribution in [0.2, 0.25) is 0 Å². The molecule has 3 aromatic rings. The van der Waals surface area contributed by atoms with Crippen molar-refractivity contribution in [3.63, 3.8) is 0 Å². The molecule has 1 aliphatic heterocycles. The van der Waals surface area contributed by atoms with Gasteiger partial charge in [-0.05, 0) is 38.2 Å². The number of halogens is 5. The van der Waals surface area contributed by atoms with Crippen LogP contribution in [0, 0.1) is 0 Å². The summed E-state index contributed by atoms with van der Waals surface area (Å²) in [6.45, 7) is 1.11. The SMILES string of the molecule is CC1(c2ccccc2)C(=O)Nc2nc(-c3nn(CCC(F)(F)C(F)(F)F)c4c3CCCC4)nc(N)c21. The molecule has 0 bridgehead atoms. The Labute approximate surface area is 202 Å². The number of nitrogen functional groups attached to an aromatic ring is 1. The molecule has 7 nitrogen and oxygen atoms in total. The zero-order chi connectivity index (χ0) is 25.9. The first-order valence-electron chi connectivity index (χ1n) is 11.5. The molecular weight excluding hydrogens is 483 g/mol. The lowest BCUT2D eigenvalue weighted by Gasteiger charge is -2.23. The normalized spacial score (nSPS) is 19.7. The molecule has 0 saturated carbocycles. The summed E-state index contributed by atoms with van der Waals surface area (Å²) >= 11 is 0. The average molecular weight is 506 g/mol. The van der Waals surface area contributed by atoms with E-state index in [1.54, 1.807) is 31.2 Å². The van der Waals surface area contributed by atoms with Crippen LogP contribution >= 0.6 is 0 Å². The second-order valence-corrected chi connectivity index (χ2v) is 9.26. The molecule has 1 aliphatic carbocycles. The van der Waals surface area contributed by atoms with Gasteiger partial charge in [-0.15, -0.1) is 0 Å². The number of anilines is 2. The van der Waals surface area contributed by atoms with Gasteiger partial charge in [0.1, 0.15) is 22.7 Å². The highest BCUT2D eigenvalue weighted by molar-refractivity contribution is 6.09. The third-order valence-electron chi connectivity index (χ3n) is 7.00. The Morgan fingerprint density at radius 2 is 1.78 bits per heavy atom. The number of nitrogens with two attached hydrogens (primary N) is 1. The fourth-order valence-electron chi connectivity index (χ4n) is 4.98. The summed E-state index contributed by atoms with van der Waals surface area (Å²) in [6.07, 6.45) is -4.47. The molecule has 1 aromatic carbocycles. The van der Waals surface area contributed by atoms with E-state index in [0.717, 1.165) is 12.8 Å². The Bertz CT molecular complexity index is 1340. The van der Waals surface area contributed by atoms with Gasteiger partial charge in [-0.2, -0.15) is 27.1 Å². The van der Waals surface area contributed by atoms with E-state index in [9.17, 15) is 26.7 Å². The lowest BCUT2D eigenvalue weighted by molar-refractivity contribution is -0.285. The van der Waals surface area contributed by atoms with Gasteiger partial charge in [0, 0.05) is 24.2 Å². The van der Waals surface area contributed by atoms with E-state index >= 15 is 0 Å². The van der Waals surface area contributed by atoms with Gasteiger partial charge >= 0.3 is 12.1 Å². The van der Waals surface area contributed by atoms with Crippen LogP contribution in [0.1, 0.15) is 48.6 Å². The molecule has 1 unspecified atom stereocenters. The minimum absolute atomic E-state index is 0.0578. The summed E-state index contributed by atoms with van der Waals surface area (Å²) in [6, 6.07) is 9.04. The second kappa shape index (κ2) is 8.24. The number of carbonyl (C=O) groups excluding carboxylic acids is 1. The number of hydrogen-bond donors (Lipinski definition) is 2. The van der Waals surface area contributed by atoms with Crippen molar-refractivity contribution in [2.75, 3.05) is 11.1 Å². The first kappa shape index (κ1) is 24.1. The van der Waals surface area contributed by atoms with Gasteiger partial charge in [0.05, 0.1) is 5.56 Å². The fourth-order valence-corrected chi connectivity index (χ4v) is 4.98. The van der Waals surface area contributed by atoms with Crippen molar-refractivity contribution in [3.8, 4) is 11.5 Å². The van der Waals surface area contributed by atoms with E-state index < -0.39 is 30.5 Å². The quantitative estimate of drug-likeness (QED) is 0.491. The van der Waals surface area contributed by atoms with Crippen LogP contribution in [0.25, 0.3) is 11.5 Å². The molecule has 0 radical (unpaired) electrons. The van der Waals surface area contributed by atoms with Gasteiger partial charge in [-0.1, -0.05) is 30.3 Å². The maximum atomic E-state index is 13.6. The zero-order valence-electron chi connectivity index (χ0n) is 19.3. The number of nitrogens with zero attached hydrogens (tertiary/aromatic N) is 4. The Kier molecular flexibility index (Phi) is 5.53. The Morgan fingerprint density at radius 1 is 1.08 bits per heavy atom. The molecule has 0 saturated heterocycles. The van der Waals surface area contributed by atoms with E-state index in [-0.39, 0.29) is 29.1 Å². The number of aromatic nitrogens is 4. The minimum Gasteiger partial charge on any atom is -0.383 e. The predicted molar refractivity (Wildman–Crippen MR) is 121 cm³/mol. The highest BCUT2D eigenvalue weighted by Crippen LogP contribution is 2.45. The van der Waals surface area contributed by atoms with Crippen LogP contribution in [0.5, 0.6) is 0 Å². The van der Waals surface area contributed by atoms with Crippen LogP contribution in [0.4, 0.5) is 33.6 Å². The third-order valence-corrected chi connectivity index (χ3v) is 7.00. The van der Waals surface area contributed by atoms with Gasteiger partial charge in [0.2, 0.25) is 5.91 Å². The number of nitrogens with one attached hydrogen (secondary N) is 1. The molecule has 1 amide bonds. The standard InChI is InChI=1S/C24H23F5N6O/c1-22(13-7-3-2-4-8-13)16-18(30)31-20(32-19(16)33-21(22)36)17-14-9-5-6-10-15(14)35(34-17)12-11-23(25,26)24(27,28)29/h2-4,7-8H,5-6,9-12H2,1H3,(H3,30,31,32,33,36). The molecule has 3 N–H and O–H groups in total. The van der Waals surface area contributed by atoms with Crippen molar-refractivity contribution < 1.29 is 26.7 Å². The molecular formula is C24H23F5N6O. The molecule has 0 fully saturated rings. The molecule has 5 rings (SSSR count). The zero-order valence-corrected chi connectivity index (χ0v) is 19.3. The van der Waals surface area contributed by atoms with Crippen molar-refractivity contribution in [1.82, 2.24) is 19.7 Å².